The molecule has 2 heterocycles. The summed E-state index contributed by atoms with van der Waals surface area (Å²) < 4.78 is 0. The van der Waals surface area contributed by atoms with Gasteiger partial charge >= 0.3 is 0 Å². The number of amides is 1. The molecule has 0 aromatic heterocycles. The van der Waals surface area contributed by atoms with E-state index in [2.05, 4.69) is 47.2 Å². The minimum absolute atomic E-state index is 0.316. The van der Waals surface area contributed by atoms with Crippen LogP contribution in [0.1, 0.15) is 56.4 Å². The zero-order valence-corrected chi connectivity index (χ0v) is 14.9. The number of nitrogens with zero attached hydrogens (tertiary/aromatic N) is 2. The van der Waals surface area contributed by atoms with Crippen LogP contribution in [-0.2, 0) is 4.79 Å². The first-order valence-electron chi connectivity index (χ1n) is 9.81. The highest BCUT2D eigenvalue weighted by Crippen LogP contribution is 2.41. The van der Waals surface area contributed by atoms with Crippen LogP contribution in [-0.4, -0.2) is 47.9 Å². The van der Waals surface area contributed by atoms with Gasteiger partial charge in [-0.3, -0.25) is 4.79 Å². The molecule has 0 unspecified atom stereocenters. The lowest BCUT2D eigenvalue weighted by atomic mass is 9.84. The third-order valence-corrected chi connectivity index (χ3v) is 6.59. The molecule has 24 heavy (non-hydrogen) atoms. The number of fused-ring (bicyclic) bond motifs is 1. The van der Waals surface area contributed by atoms with Gasteiger partial charge in [0.2, 0.25) is 5.91 Å². The summed E-state index contributed by atoms with van der Waals surface area (Å²) in [7, 11) is 2.27. The van der Waals surface area contributed by atoms with Crippen molar-refractivity contribution < 1.29 is 4.79 Å². The fourth-order valence-electron chi connectivity index (χ4n) is 5.02. The Morgan fingerprint density at radius 3 is 2.50 bits per heavy atom. The molecule has 3 heteroatoms. The number of hydrogen-bond donors (Lipinski definition) is 0. The van der Waals surface area contributed by atoms with E-state index in [1.165, 1.54) is 37.7 Å². The van der Waals surface area contributed by atoms with Crippen molar-refractivity contribution in [3.8, 4) is 0 Å². The van der Waals surface area contributed by atoms with Gasteiger partial charge in [-0.15, -0.1) is 0 Å². The number of carbonyl (C=O) groups excluding carboxylic acids is 1. The summed E-state index contributed by atoms with van der Waals surface area (Å²) in [4.78, 5) is 17.9. The van der Waals surface area contributed by atoms with Crippen LogP contribution in [0, 0.1) is 5.92 Å². The third kappa shape index (κ3) is 2.88. The van der Waals surface area contributed by atoms with Crippen molar-refractivity contribution in [1.29, 1.82) is 0 Å². The van der Waals surface area contributed by atoms with Gasteiger partial charge in [-0.25, -0.2) is 0 Å². The Labute approximate surface area is 146 Å². The lowest BCUT2D eigenvalue weighted by Gasteiger charge is -2.38. The predicted molar refractivity (Wildman–Crippen MR) is 96.9 cm³/mol. The zero-order chi connectivity index (χ0) is 16.5. The fourth-order valence-corrected chi connectivity index (χ4v) is 5.02. The molecule has 0 bridgehead atoms. The van der Waals surface area contributed by atoms with Gasteiger partial charge in [0.1, 0.15) is 0 Å². The Bertz CT molecular complexity index is 568. The summed E-state index contributed by atoms with van der Waals surface area (Å²) in [6.07, 6.45) is 8.49. The van der Waals surface area contributed by atoms with Crippen molar-refractivity contribution in [2.75, 3.05) is 20.1 Å². The molecule has 1 amide bonds. The van der Waals surface area contributed by atoms with Crippen molar-refractivity contribution in [3.63, 3.8) is 0 Å². The molecule has 2 saturated heterocycles. The molecule has 2 aliphatic heterocycles. The Balaban J connectivity index is 1.65. The molecule has 0 spiro atoms. The van der Waals surface area contributed by atoms with E-state index >= 15 is 0 Å². The predicted octanol–water partition coefficient (Wildman–Crippen LogP) is 3.66. The maximum Gasteiger partial charge on any atom is 0.226 e. The van der Waals surface area contributed by atoms with Crippen molar-refractivity contribution >= 4 is 5.91 Å². The molecule has 4 rings (SSSR count). The molecule has 1 aromatic carbocycles. The van der Waals surface area contributed by atoms with Crippen LogP contribution in [0.4, 0.5) is 0 Å². The first kappa shape index (κ1) is 16.1. The zero-order valence-electron chi connectivity index (χ0n) is 14.9. The van der Waals surface area contributed by atoms with Gasteiger partial charge in [0, 0.05) is 30.5 Å². The van der Waals surface area contributed by atoms with E-state index in [4.69, 9.17) is 0 Å². The van der Waals surface area contributed by atoms with Gasteiger partial charge < -0.3 is 9.80 Å². The van der Waals surface area contributed by atoms with Crippen molar-refractivity contribution in [3.05, 3.63) is 35.9 Å². The SMILES string of the molecule is CN1CCCCC[C@@H]2[C@@H]1[C@H](c1ccccc1)CN2C(=O)C1CCC1. The molecule has 1 saturated carbocycles. The largest absolute Gasteiger partial charge is 0.337 e. The summed E-state index contributed by atoms with van der Waals surface area (Å²) >= 11 is 0. The molecule has 3 fully saturated rings. The summed E-state index contributed by atoms with van der Waals surface area (Å²) in [5.41, 5.74) is 1.41. The van der Waals surface area contributed by atoms with Crippen molar-refractivity contribution in [1.82, 2.24) is 9.80 Å². The van der Waals surface area contributed by atoms with Crippen molar-refractivity contribution in [2.24, 2.45) is 5.92 Å². The summed E-state index contributed by atoms with van der Waals surface area (Å²) in [6, 6.07) is 11.8. The summed E-state index contributed by atoms with van der Waals surface area (Å²) in [5, 5.41) is 0. The van der Waals surface area contributed by atoms with Crippen molar-refractivity contribution in [2.45, 2.75) is 62.9 Å². The first-order chi connectivity index (χ1) is 11.8. The van der Waals surface area contributed by atoms with Crippen LogP contribution in [0.5, 0.6) is 0 Å². The molecule has 1 aliphatic carbocycles. The van der Waals surface area contributed by atoms with Gasteiger partial charge in [0.25, 0.3) is 0 Å². The molecule has 0 N–H and O–H groups in total. The van der Waals surface area contributed by atoms with E-state index < -0.39 is 0 Å². The number of likely N-dealkylation sites (N-methyl/N-ethyl adjacent to an activating group) is 1. The van der Waals surface area contributed by atoms with E-state index in [9.17, 15) is 4.79 Å². The van der Waals surface area contributed by atoms with Gasteiger partial charge in [-0.05, 0) is 44.8 Å². The van der Waals surface area contributed by atoms with Gasteiger partial charge in [-0.2, -0.15) is 0 Å². The van der Waals surface area contributed by atoms with Crippen LogP contribution < -0.4 is 0 Å². The molecule has 3 atom stereocenters. The quantitative estimate of drug-likeness (QED) is 0.828. The van der Waals surface area contributed by atoms with Gasteiger partial charge in [-0.1, -0.05) is 49.6 Å². The standard InChI is InChI=1S/C21H30N2O/c1-22-14-7-3-6-13-19-20(22)18(16-9-4-2-5-10-16)15-23(19)21(24)17-11-8-12-17/h2,4-5,9-10,17-20H,3,6-8,11-15H2,1H3/t18-,19+,20-/m0/s1. The van der Waals surface area contributed by atoms with Crippen LogP contribution in [0.3, 0.4) is 0 Å². The first-order valence-corrected chi connectivity index (χ1v) is 9.81. The van der Waals surface area contributed by atoms with Crippen LogP contribution in [0.2, 0.25) is 0 Å². The van der Waals surface area contributed by atoms with E-state index in [0.717, 1.165) is 25.9 Å². The second-order valence-electron chi connectivity index (χ2n) is 8.02. The second kappa shape index (κ2) is 6.87. The molecular formula is C21H30N2O. The summed E-state index contributed by atoms with van der Waals surface area (Å²) in [5.74, 6) is 1.22. The smallest absolute Gasteiger partial charge is 0.226 e. The number of rotatable bonds is 2. The van der Waals surface area contributed by atoms with E-state index in [-0.39, 0.29) is 0 Å². The molecular weight excluding hydrogens is 296 g/mol. The number of carbonyl (C=O) groups is 1. The monoisotopic (exact) mass is 326 g/mol. The average Bonchev–Trinajstić information content (AvgIpc) is 2.90. The highest BCUT2D eigenvalue weighted by Gasteiger charge is 2.47. The van der Waals surface area contributed by atoms with Gasteiger partial charge in [0.05, 0.1) is 0 Å². The molecule has 0 radical (unpaired) electrons. The molecule has 3 nitrogen and oxygen atoms in total. The van der Waals surface area contributed by atoms with Gasteiger partial charge in [0.15, 0.2) is 0 Å². The van der Waals surface area contributed by atoms with Crippen LogP contribution >= 0.6 is 0 Å². The number of benzene rings is 1. The average molecular weight is 326 g/mol. The Morgan fingerprint density at radius 1 is 1.00 bits per heavy atom. The number of hydrogen-bond acceptors (Lipinski definition) is 2. The highest BCUT2D eigenvalue weighted by molar-refractivity contribution is 5.80. The Morgan fingerprint density at radius 2 is 1.79 bits per heavy atom. The molecule has 3 aliphatic rings. The van der Waals surface area contributed by atoms with Crippen LogP contribution in [0.25, 0.3) is 0 Å². The minimum Gasteiger partial charge on any atom is -0.337 e. The lowest BCUT2D eigenvalue weighted by molar-refractivity contribution is -0.139. The maximum absolute atomic E-state index is 13.1. The maximum atomic E-state index is 13.1. The molecule has 130 valence electrons. The highest BCUT2D eigenvalue weighted by atomic mass is 16.2. The normalized spacial score (nSPS) is 31.9. The fraction of sp³-hybridized carbons (Fsp3) is 0.667. The Hall–Kier alpha value is -1.35. The third-order valence-electron chi connectivity index (χ3n) is 6.59. The van der Waals surface area contributed by atoms with E-state index in [0.29, 0.717) is 29.8 Å². The number of likely N-dealkylation sites (tertiary alicyclic amines) is 2. The second-order valence-corrected chi connectivity index (χ2v) is 8.02. The Kier molecular flexibility index (Phi) is 4.62. The van der Waals surface area contributed by atoms with Crippen LogP contribution in [0.15, 0.2) is 30.3 Å². The van der Waals surface area contributed by atoms with E-state index in [1.54, 1.807) is 0 Å². The lowest BCUT2D eigenvalue weighted by Crippen LogP contribution is -2.49. The summed E-state index contributed by atoms with van der Waals surface area (Å²) in [6.45, 7) is 2.08. The topological polar surface area (TPSA) is 23.6 Å². The minimum atomic E-state index is 0.316. The molecule has 1 aromatic rings. The van der Waals surface area contributed by atoms with E-state index in [1.807, 2.05) is 0 Å².